The van der Waals surface area contributed by atoms with E-state index in [2.05, 4.69) is 10.1 Å². The first kappa shape index (κ1) is 6.15. The van der Waals surface area contributed by atoms with Crippen LogP contribution in [0.2, 0.25) is 0 Å². The lowest BCUT2D eigenvalue weighted by Crippen LogP contribution is -2.00. The highest BCUT2D eigenvalue weighted by molar-refractivity contribution is 5.72. The van der Waals surface area contributed by atoms with Gasteiger partial charge in [0, 0.05) is 19.3 Å². The fourth-order valence-electron chi connectivity index (χ4n) is 1.05. The summed E-state index contributed by atoms with van der Waals surface area (Å²) in [4.78, 5) is 13.5. The summed E-state index contributed by atoms with van der Waals surface area (Å²) >= 11 is 0. The van der Waals surface area contributed by atoms with Crippen LogP contribution in [-0.4, -0.2) is 14.8 Å². The Morgan fingerprint density at radius 1 is 1.55 bits per heavy atom. The Balaban J connectivity index is 2.92. The molecule has 2 aromatic rings. The zero-order valence-corrected chi connectivity index (χ0v) is 6.03. The van der Waals surface area contributed by atoms with Gasteiger partial charge in [0.2, 0.25) is 5.56 Å². The molecule has 0 unspecified atom stereocenters. The predicted octanol–water partition coefficient (Wildman–Crippen LogP) is 0.262. The number of nitrogens with zero attached hydrogens (tertiary/aromatic N) is 2. The van der Waals surface area contributed by atoms with Crippen molar-refractivity contribution < 1.29 is 0 Å². The lowest BCUT2D eigenvalue weighted by atomic mass is 10.4. The Morgan fingerprint density at radius 3 is 3.18 bits per heavy atom. The fourth-order valence-corrected chi connectivity index (χ4v) is 1.05. The van der Waals surface area contributed by atoms with Crippen molar-refractivity contribution in [1.82, 2.24) is 14.8 Å². The Bertz CT molecular complexity index is 440. The maximum atomic E-state index is 10.8. The quantitative estimate of drug-likeness (QED) is 0.584. The van der Waals surface area contributed by atoms with E-state index in [0.717, 1.165) is 11.0 Å². The molecule has 2 aromatic heterocycles. The zero-order chi connectivity index (χ0) is 7.84. The second-order valence-corrected chi connectivity index (χ2v) is 2.42. The molecule has 0 aliphatic heterocycles. The van der Waals surface area contributed by atoms with Gasteiger partial charge in [-0.15, -0.1) is 0 Å². The maximum absolute atomic E-state index is 10.8. The number of hydrogen-bond acceptors (Lipinski definition) is 2. The Kier molecular flexibility index (Phi) is 1.09. The van der Waals surface area contributed by atoms with Crippen molar-refractivity contribution in [3.05, 3.63) is 28.7 Å². The van der Waals surface area contributed by atoms with Crippen LogP contribution in [0.15, 0.2) is 23.1 Å². The summed E-state index contributed by atoms with van der Waals surface area (Å²) in [5, 5.41) is 4.10. The van der Waals surface area contributed by atoms with E-state index in [9.17, 15) is 4.79 Å². The number of aromatic nitrogens is 3. The van der Waals surface area contributed by atoms with Gasteiger partial charge in [-0.05, 0) is 6.07 Å². The molecule has 2 rings (SSSR count). The monoisotopic (exact) mass is 149 g/mol. The molecule has 0 atom stereocenters. The van der Waals surface area contributed by atoms with Crippen LogP contribution in [0.1, 0.15) is 0 Å². The van der Waals surface area contributed by atoms with Crippen molar-refractivity contribution in [2.45, 2.75) is 0 Å². The highest BCUT2D eigenvalue weighted by Crippen LogP contribution is 2.03. The van der Waals surface area contributed by atoms with Crippen molar-refractivity contribution in [1.29, 1.82) is 0 Å². The molecule has 4 heteroatoms. The van der Waals surface area contributed by atoms with Gasteiger partial charge < -0.3 is 4.98 Å². The molecular formula is C7H7N3O. The molecular weight excluding hydrogens is 142 g/mol. The van der Waals surface area contributed by atoms with Crippen LogP contribution < -0.4 is 5.56 Å². The molecule has 0 radical (unpaired) electrons. The van der Waals surface area contributed by atoms with Gasteiger partial charge in [-0.2, -0.15) is 5.10 Å². The first-order valence-corrected chi connectivity index (χ1v) is 3.28. The third-order valence-electron chi connectivity index (χ3n) is 1.51. The lowest BCUT2D eigenvalue weighted by Gasteiger charge is -1.82. The van der Waals surface area contributed by atoms with Crippen molar-refractivity contribution in [2.75, 3.05) is 0 Å². The molecule has 0 amide bonds. The van der Waals surface area contributed by atoms with Crippen LogP contribution in [0, 0.1) is 0 Å². The average Bonchev–Trinajstić information content (AvgIpc) is 2.27. The van der Waals surface area contributed by atoms with Crippen molar-refractivity contribution in [2.24, 2.45) is 7.05 Å². The topological polar surface area (TPSA) is 50.7 Å². The molecule has 0 spiro atoms. The number of fused-ring (bicyclic) bond motifs is 1. The Labute approximate surface area is 62.5 Å². The molecule has 0 saturated carbocycles. The number of nitrogens with one attached hydrogen (secondary N) is 1. The highest BCUT2D eigenvalue weighted by atomic mass is 16.1. The van der Waals surface area contributed by atoms with Gasteiger partial charge in [-0.25, -0.2) is 0 Å². The van der Waals surface area contributed by atoms with E-state index in [-0.39, 0.29) is 5.56 Å². The van der Waals surface area contributed by atoms with E-state index in [1.807, 2.05) is 7.05 Å². The predicted molar refractivity (Wildman–Crippen MR) is 41.3 cm³/mol. The van der Waals surface area contributed by atoms with Crippen LogP contribution >= 0.6 is 0 Å². The van der Waals surface area contributed by atoms with E-state index >= 15 is 0 Å². The van der Waals surface area contributed by atoms with Gasteiger partial charge in [0.15, 0.2) is 0 Å². The van der Waals surface area contributed by atoms with Crippen LogP contribution in [0.3, 0.4) is 0 Å². The van der Waals surface area contributed by atoms with Crippen LogP contribution in [-0.2, 0) is 7.05 Å². The maximum Gasteiger partial charge on any atom is 0.248 e. The molecule has 0 aliphatic rings. The third-order valence-corrected chi connectivity index (χ3v) is 1.51. The standard InChI is InChI=1S/C7H7N3O/c1-10-4-6-5(9-10)2-3-7(11)8-6/h2-4H,1H3,(H,8,11). The molecule has 0 saturated heterocycles. The summed E-state index contributed by atoms with van der Waals surface area (Å²) in [5.74, 6) is 0. The van der Waals surface area contributed by atoms with Gasteiger partial charge >= 0.3 is 0 Å². The highest BCUT2D eigenvalue weighted by Gasteiger charge is 1.96. The van der Waals surface area contributed by atoms with E-state index in [1.165, 1.54) is 6.07 Å². The summed E-state index contributed by atoms with van der Waals surface area (Å²) < 4.78 is 1.67. The molecule has 1 N–H and O–H groups in total. The van der Waals surface area contributed by atoms with Crippen molar-refractivity contribution in [3.63, 3.8) is 0 Å². The van der Waals surface area contributed by atoms with E-state index in [0.29, 0.717) is 0 Å². The molecule has 4 nitrogen and oxygen atoms in total. The van der Waals surface area contributed by atoms with Gasteiger partial charge in [0.1, 0.15) is 5.52 Å². The number of hydrogen-bond donors (Lipinski definition) is 1. The second kappa shape index (κ2) is 1.95. The van der Waals surface area contributed by atoms with E-state index < -0.39 is 0 Å². The molecule has 2 heterocycles. The largest absolute Gasteiger partial charge is 0.319 e. The summed E-state index contributed by atoms with van der Waals surface area (Å²) in [6.07, 6.45) is 1.77. The lowest BCUT2D eigenvalue weighted by molar-refractivity contribution is 0.779. The number of H-pyrrole nitrogens is 1. The minimum atomic E-state index is -0.0921. The van der Waals surface area contributed by atoms with Gasteiger partial charge in [-0.1, -0.05) is 0 Å². The molecule has 56 valence electrons. The smallest absolute Gasteiger partial charge is 0.248 e. The van der Waals surface area contributed by atoms with Crippen LogP contribution in [0.4, 0.5) is 0 Å². The Morgan fingerprint density at radius 2 is 2.36 bits per heavy atom. The van der Waals surface area contributed by atoms with Crippen LogP contribution in [0.25, 0.3) is 11.0 Å². The number of aromatic amines is 1. The number of aryl methyl sites for hydroxylation is 1. The average molecular weight is 149 g/mol. The van der Waals surface area contributed by atoms with Crippen molar-refractivity contribution >= 4 is 11.0 Å². The van der Waals surface area contributed by atoms with E-state index in [4.69, 9.17) is 0 Å². The van der Waals surface area contributed by atoms with E-state index in [1.54, 1.807) is 16.9 Å². The minimum Gasteiger partial charge on any atom is -0.319 e. The van der Waals surface area contributed by atoms with Crippen molar-refractivity contribution in [3.8, 4) is 0 Å². The first-order valence-electron chi connectivity index (χ1n) is 3.28. The first-order chi connectivity index (χ1) is 5.25. The summed E-state index contributed by atoms with van der Waals surface area (Å²) in [5.41, 5.74) is 1.50. The molecule has 0 aliphatic carbocycles. The number of rotatable bonds is 0. The summed E-state index contributed by atoms with van der Waals surface area (Å²) in [6.45, 7) is 0. The fraction of sp³-hybridized carbons (Fsp3) is 0.143. The zero-order valence-electron chi connectivity index (χ0n) is 6.03. The summed E-state index contributed by atoms with van der Waals surface area (Å²) in [7, 11) is 1.82. The minimum absolute atomic E-state index is 0.0921. The normalized spacial score (nSPS) is 10.6. The second-order valence-electron chi connectivity index (χ2n) is 2.42. The van der Waals surface area contributed by atoms with Gasteiger partial charge in [0.05, 0.1) is 5.52 Å². The third kappa shape index (κ3) is 0.920. The SMILES string of the molecule is Cn1cc2[nH]c(=O)ccc2n1. The molecule has 0 bridgehead atoms. The van der Waals surface area contributed by atoms with Gasteiger partial charge in [-0.3, -0.25) is 9.48 Å². The van der Waals surface area contributed by atoms with Gasteiger partial charge in [0.25, 0.3) is 0 Å². The van der Waals surface area contributed by atoms with Crippen LogP contribution in [0.5, 0.6) is 0 Å². The number of pyridine rings is 1. The molecule has 11 heavy (non-hydrogen) atoms. The molecule has 0 aromatic carbocycles. The summed E-state index contributed by atoms with van der Waals surface area (Å²) in [6, 6.07) is 3.17. The Hall–Kier alpha value is -1.58. The molecule has 0 fully saturated rings.